The molecule has 4 rings (SSSR count). The quantitative estimate of drug-likeness (QED) is 0.280. The standard InChI is InChI=1S/C21H24ClN7O3S2/c1-11-9-13(25-24-11)19-26-27-21(29(19)17-14(30-3)7-6-8-15(17)31-4)28-34-12(2)18(32-5)20-23-10-16(22)33-20/h6-10,12,18H,1-5H3,(H,24,25)(H,27,28). The Balaban J connectivity index is 1.72. The second-order valence-electron chi connectivity index (χ2n) is 7.21. The summed E-state index contributed by atoms with van der Waals surface area (Å²) in [5.41, 5.74) is 2.19. The van der Waals surface area contributed by atoms with E-state index in [1.165, 1.54) is 23.3 Å². The van der Waals surface area contributed by atoms with E-state index in [1.807, 2.05) is 42.7 Å². The van der Waals surface area contributed by atoms with Crippen LogP contribution in [0.3, 0.4) is 0 Å². The molecule has 0 radical (unpaired) electrons. The van der Waals surface area contributed by atoms with Crippen molar-refractivity contribution in [3.05, 3.63) is 45.5 Å². The molecule has 13 heteroatoms. The molecule has 0 bridgehead atoms. The molecule has 0 saturated heterocycles. The molecule has 2 N–H and O–H groups in total. The van der Waals surface area contributed by atoms with Gasteiger partial charge in [-0.05, 0) is 44.0 Å². The average Bonchev–Trinajstić information content (AvgIpc) is 3.57. The van der Waals surface area contributed by atoms with Crippen LogP contribution in [0.4, 0.5) is 5.95 Å². The number of hydrogen-bond donors (Lipinski definition) is 2. The summed E-state index contributed by atoms with van der Waals surface area (Å²) in [7, 11) is 4.86. The zero-order valence-electron chi connectivity index (χ0n) is 19.2. The third kappa shape index (κ3) is 4.85. The van der Waals surface area contributed by atoms with Gasteiger partial charge in [0.25, 0.3) is 0 Å². The molecule has 0 amide bonds. The molecule has 0 aliphatic rings. The van der Waals surface area contributed by atoms with Gasteiger partial charge in [-0.25, -0.2) is 4.98 Å². The zero-order chi connectivity index (χ0) is 24.2. The number of halogens is 1. The Kier molecular flexibility index (Phi) is 7.61. The number of thiazole rings is 1. The summed E-state index contributed by atoms with van der Waals surface area (Å²) >= 11 is 8.90. The number of methoxy groups -OCH3 is 3. The van der Waals surface area contributed by atoms with Crippen LogP contribution in [-0.2, 0) is 4.74 Å². The van der Waals surface area contributed by atoms with Crippen molar-refractivity contribution in [2.75, 3.05) is 26.1 Å². The normalized spacial score (nSPS) is 13.0. The van der Waals surface area contributed by atoms with Gasteiger partial charge < -0.3 is 14.2 Å². The number of aromatic nitrogens is 6. The number of benzene rings is 1. The largest absolute Gasteiger partial charge is 0.494 e. The lowest BCUT2D eigenvalue weighted by Gasteiger charge is -2.21. The number of aromatic amines is 1. The van der Waals surface area contributed by atoms with E-state index in [2.05, 4.69) is 30.1 Å². The van der Waals surface area contributed by atoms with Gasteiger partial charge in [-0.1, -0.05) is 17.7 Å². The lowest BCUT2D eigenvalue weighted by atomic mass is 10.2. The van der Waals surface area contributed by atoms with Crippen LogP contribution in [0.25, 0.3) is 17.2 Å². The first-order chi connectivity index (χ1) is 16.5. The van der Waals surface area contributed by atoms with E-state index in [0.29, 0.717) is 39.0 Å². The molecular weight excluding hydrogens is 498 g/mol. The van der Waals surface area contributed by atoms with Crippen LogP contribution in [-0.4, -0.2) is 56.5 Å². The van der Waals surface area contributed by atoms with Crippen molar-refractivity contribution in [2.24, 2.45) is 0 Å². The van der Waals surface area contributed by atoms with Crippen molar-refractivity contribution in [3.8, 4) is 28.7 Å². The lowest BCUT2D eigenvalue weighted by Crippen LogP contribution is -2.16. The summed E-state index contributed by atoms with van der Waals surface area (Å²) in [5.74, 6) is 2.20. The van der Waals surface area contributed by atoms with Gasteiger partial charge >= 0.3 is 0 Å². The fourth-order valence-electron chi connectivity index (χ4n) is 3.41. The van der Waals surface area contributed by atoms with Gasteiger partial charge in [0, 0.05) is 12.8 Å². The molecule has 0 aliphatic carbocycles. The molecule has 4 aromatic rings. The van der Waals surface area contributed by atoms with Gasteiger partial charge in [0.15, 0.2) is 5.82 Å². The predicted molar refractivity (Wildman–Crippen MR) is 134 cm³/mol. The maximum atomic E-state index is 6.07. The van der Waals surface area contributed by atoms with E-state index in [0.717, 1.165) is 10.7 Å². The maximum Gasteiger partial charge on any atom is 0.239 e. The number of H-pyrrole nitrogens is 1. The summed E-state index contributed by atoms with van der Waals surface area (Å²) in [5, 5.41) is 16.9. The summed E-state index contributed by atoms with van der Waals surface area (Å²) in [6, 6.07) is 7.46. The number of nitrogens with zero attached hydrogens (tertiary/aromatic N) is 5. The Morgan fingerprint density at radius 2 is 1.91 bits per heavy atom. The smallest absolute Gasteiger partial charge is 0.239 e. The molecule has 0 spiro atoms. The van der Waals surface area contributed by atoms with Gasteiger partial charge in [-0.15, -0.1) is 21.5 Å². The fourth-order valence-corrected chi connectivity index (χ4v) is 5.40. The minimum absolute atomic E-state index is 0.0343. The number of nitrogens with one attached hydrogen (secondary N) is 2. The summed E-state index contributed by atoms with van der Waals surface area (Å²) in [4.78, 5) is 4.36. The van der Waals surface area contributed by atoms with Crippen LogP contribution in [0.2, 0.25) is 4.34 Å². The van der Waals surface area contributed by atoms with Crippen molar-refractivity contribution in [2.45, 2.75) is 25.2 Å². The number of aryl methyl sites for hydroxylation is 1. The minimum Gasteiger partial charge on any atom is -0.494 e. The number of ether oxygens (including phenoxy) is 3. The van der Waals surface area contributed by atoms with E-state index >= 15 is 0 Å². The van der Waals surface area contributed by atoms with Gasteiger partial charge in [-0.3, -0.25) is 14.4 Å². The lowest BCUT2D eigenvalue weighted by molar-refractivity contribution is 0.104. The number of rotatable bonds is 10. The Bertz CT molecular complexity index is 1240. The van der Waals surface area contributed by atoms with E-state index in [1.54, 1.807) is 27.5 Å². The maximum absolute atomic E-state index is 6.07. The zero-order valence-corrected chi connectivity index (χ0v) is 21.6. The summed E-state index contributed by atoms with van der Waals surface area (Å²) in [6.45, 7) is 3.96. The molecule has 2 unspecified atom stereocenters. The molecule has 3 aromatic heterocycles. The molecule has 2 atom stereocenters. The van der Waals surface area contributed by atoms with Crippen molar-refractivity contribution in [3.63, 3.8) is 0 Å². The molecule has 0 fully saturated rings. The Labute approximate surface area is 210 Å². The second-order valence-corrected chi connectivity index (χ2v) is 10.1. The number of anilines is 1. The molecule has 180 valence electrons. The monoisotopic (exact) mass is 521 g/mol. The highest BCUT2D eigenvalue weighted by atomic mass is 35.5. The van der Waals surface area contributed by atoms with Gasteiger partial charge in [-0.2, -0.15) is 5.10 Å². The van der Waals surface area contributed by atoms with E-state index in [-0.39, 0.29) is 11.4 Å². The highest BCUT2D eigenvalue weighted by molar-refractivity contribution is 8.01. The minimum atomic E-state index is -0.263. The molecule has 10 nitrogen and oxygen atoms in total. The van der Waals surface area contributed by atoms with Crippen LogP contribution in [0.15, 0.2) is 30.5 Å². The molecular formula is C21H24ClN7O3S2. The van der Waals surface area contributed by atoms with E-state index in [4.69, 9.17) is 25.8 Å². The third-order valence-corrected chi connectivity index (χ3v) is 7.07. The van der Waals surface area contributed by atoms with Crippen LogP contribution in [0, 0.1) is 6.92 Å². The fraction of sp³-hybridized carbons (Fsp3) is 0.333. The van der Waals surface area contributed by atoms with Crippen LogP contribution in [0.1, 0.15) is 23.7 Å². The Morgan fingerprint density at radius 3 is 2.47 bits per heavy atom. The van der Waals surface area contributed by atoms with Crippen LogP contribution >= 0.6 is 34.9 Å². The second kappa shape index (κ2) is 10.6. The summed E-state index contributed by atoms with van der Waals surface area (Å²) in [6.07, 6.45) is 1.36. The van der Waals surface area contributed by atoms with Crippen molar-refractivity contribution < 1.29 is 14.2 Å². The predicted octanol–water partition coefficient (Wildman–Crippen LogP) is 4.93. The van der Waals surface area contributed by atoms with E-state index in [9.17, 15) is 0 Å². The van der Waals surface area contributed by atoms with Crippen molar-refractivity contribution in [1.29, 1.82) is 0 Å². The van der Waals surface area contributed by atoms with Gasteiger partial charge in [0.1, 0.15) is 38.3 Å². The first-order valence-electron chi connectivity index (χ1n) is 10.2. The van der Waals surface area contributed by atoms with Crippen molar-refractivity contribution in [1.82, 2.24) is 29.9 Å². The number of para-hydroxylation sites is 1. The molecule has 0 aliphatic heterocycles. The van der Waals surface area contributed by atoms with Crippen LogP contribution in [0.5, 0.6) is 11.5 Å². The third-order valence-electron chi connectivity index (χ3n) is 4.98. The average molecular weight is 522 g/mol. The van der Waals surface area contributed by atoms with Crippen LogP contribution < -0.4 is 14.2 Å². The first kappa shape index (κ1) is 24.3. The van der Waals surface area contributed by atoms with Crippen molar-refractivity contribution >= 4 is 40.8 Å². The first-order valence-corrected chi connectivity index (χ1v) is 12.3. The molecule has 34 heavy (non-hydrogen) atoms. The molecule has 3 heterocycles. The molecule has 0 saturated carbocycles. The molecule has 1 aromatic carbocycles. The SMILES string of the molecule is COc1cccc(OC)c1-n1c(NSC(C)C(OC)c2ncc(Cl)s2)nnc1-c1cc(C)[nH]n1. The number of hydrogen-bond acceptors (Lipinski definition) is 10. The van der Waals surface area contributed by atoms with Gasteiger partial charge in [0.2, 0.25) is 5.95 Å². The topological polar surface area (TPSA) is 112 Å². The van der Waals surface area contributed by atoms with Gasteiger partial charge in [0.05, 0.1) is 25.7 Å². The summed E-state index contributed by atoms with van der Waals surface area (Å²) < 4.78 is 22.8. The van der Waals surface area contributed by atoms with E-state index < -0.39 is 0 Å². The highest BCUT2D eigenvalue weighted by Gasteiger charge is 2.27. The Hall–Kier alpha value is -2.80. The Morgan fingerprint density at radius 1 is 1.18 bits per heavy atom. The highest BCUT2D eigenvalue weighted by Crippen LogP contribution is 2.39.